The Bertz CT molecular complexity index is 2320. The van der Waals surface area contributed by atoms with Crippen LogP contribution in [0.5, 0.6) is 0 Å². The molecule has 1 unspecified atom stereocenters. The summed E-state index contributed by atoms with van der Waals surface area (Å²) >= 11 is -1.84. The molecule has 0 aliphatic carbocycles. The predicted molar refractivity (Wildman–Crippen MR) is 224 cm³/mol. The molecule has 4 aromatic carbocycles. The van der Waals surface area contributed by atoms with Gasteiger partial charge < -0.3 is 4.98 Å². The Hall–Kier alpha value is -3.61. The second-order valence-electron chi connectivity index (χ2n) is 16.5. The number of pyridine rings is 2. The van der Waals surface area contributed by atoms with E-state index in [0.717, 1.165) is 50.0 Å². The van der Waals surface area contributed by atoms with Crippen LogP contribution < -0.4 is 9.58 Å². The normalized spacial score (nSPS) is 13.5. The van der Waals surface area contributed by atoms with E-state index in [0.29, 0.717) is 0 Å². The fourth-order valence-corrected chi connectivity index (χ4v) is 9.49. The van der Waals surface area contributed by atoms with E-state index >= 15 is 0 Å². The van der Waals surface area contributed by atoms with E-state index in [1.54, 1.807) is 6.20 Å². The molecule has 0 N–H and O–H groups in total. The molecule has 0 saturated heterocycles. The first-order valence-electron chi connectivity index (χ1n) is 18.3. The standard InChI is InChI=1S/C32H34GeNO.C14H16NSi.Ir/c1-21(32(2,3)4)23-16-17-34-29(20-23)25-11-15-31-28(19-25)27-18-24(10-14-30(27)35-31)22-8-12-26(13-9-22)33(5,6)7;1-16(2,3)13-9-10-14(15-11-13)12-7-5-4-6-8-12;/h8-10,12-21H,1-7H3;4-7,9-11H,1-3H3;/q2*-1;/i21D;;. The van der Waals surface area contributed by atoms with Crippen LogP contribution in [0.3, 0.4) is 0 Å². The van der Waals surface area contributed by atoms with Crippen LogP contribution in [0.2, 0.25) is 36.9 Å². The van der Waals surface area contributed by atoms with Gasteiger partial charge in [0.05, 0.1) is 8.07 Å². The van der Waals surface area contributed by atoms with Crippen LogP contribution in [0, 0.1) is 17.5 Å². The molecule has 6 heteroatoms. The minimum absolute atomic E-state index is 0. The molecule has 7 rings (SSSR count). The van der Waals surface area contributed by atoms with Crippen molar-refractivity contribution < 1.29 is 25.9 Å². The Labute approximate surface area is 329 Å². The van der Waals surface area contributed by atoms with Gasteiger partial charge in [-0.1, -0.05) is 65.0 Å². The van der Waals surface area contributed by atoms with Gasteiger partial charge in [-0.2, -0.15) is 0 Å². The number of benzene rings is 4. The molecule has 0 aliphatic heterocycles. The summed E-state index contributed by atoms with van der Waals surface area (Å²) in [6.45, 7) is 15.3. The van der Waals surface area contributed by atoms with Crippen molar-refractivity contribution in [2.24, 2.45) is 5.41 Å². The number of rotatable bonds is 6. The SMILES string of the molecule is C[Si](C)(C)c1ccc(-c2[c-]cccc2)nc1.[2H]C(C)(c1ccnc(-c2[c-]cc3oc4ccc(-c5cc[c]([Ge]([CH3])([CH3])[CH3])cc5)cc4c3c2)c1)C(C)(C)C.[Ir]. The van der Waals surface area contributed by atoms with Gasteiger partial charge in [-0.05, 0) is 28.3 Å². The molecule has 0 aliphatic rings. The van der Waals surface area contributed by atoms with Crippen molar-refractivity contribution in [1.82, 2.24) is 9.97 Å². The second kappa shape index (κ2) is 15.8. The second-order valence-corrected chi connectivity index (χ2v) is 32.3. The summed E-state index contributed by atoms with van der Waals surface area (Å²) in [5.41, 5.74) is 8.63. The molecule has 0 fully saturated rings. The van der Waals surface area contributed by atoms with Crippen LogP contribution >= 0.6 is 0 Å². The summed E-state index contributed by atoms with van der Waals surface area (Å²) in [4.78, 5) is 9.15. The molecule has 3 nitrogen and oxygen atoms in total. The van der Waals surface area contributed by atoms with Crippen molar-refractivity contribution in [3.63, 3.8) is 0 Å². The average Bonchev–Trinajstić information content (AvgIpc) is 3.48. The Morgan fingerprint density at radius 1 is 0.750 bits per heavy atom. The van der Waals surface area contributed by atoms with Crippen LogP contribution in [0.4, 0.5) is 0 Å². The molecule has 1 atom stereocenters. The van der Waals surface area contributed by atoms with Gasteiger partial charge in [0.25, 0.3) is 0 Å². The first-order chi connectivity index (χ1) is 24.4. The van der Waals surface area contributed by atoms with Gasteiger partial charge in [-0.3, -0.25) is 0 Å². The van der Waals surface area contributed by atoms with E-state index in [-0.39, 0.29) is 25.5 Å². The van der Waals surface area contributed by atoms with Gasteiger partial charge in [-0.15, -0.1) is 35.9 Å². The maximum atomic E-state index is 8.99. The summed E-state index contributed by atoms with van der Waals surface area (Å²) in [6.07, 6.45) is 3.82. The van der Waals surface area contributed by atoms with Crippen LogP contribution in [0.15, 0.2) is 120 Å². The minimum Gasteiger partial charge on any atom is -0.0596 e. The Kier molecular flexibility index (Phi) is 11.6. The van der Waals surface area contributed by atoms with Crippen LogP contribution in [0.25, 0.3) is 55.6 Å². The number of aromatic nitrogens is 2. The van der Waals surface area contributed by atoms with E-state index in [1.165, 1.54) is 20.7 Å². The topological polar surface area (TPSA) is 38.9 Å². The third kappa shape index (κ3) is 9.12. The van der Waals surface area contributed by atoms with Gasteiger partial charge in [0.15, 0.2) is 0 Å². The van der Waals surface area contributed by atoms with Crippen molar-refractivity contribution in [3.05, 3.63) is 133 Å². The van der Waals surface area contributed by atoms with Gasteiger partial charge in [0, 0.05) is 33.9 Å². The number of hydrogen-bond donors (Lipinski definition) is 0. The minimum atomic E-state index is -1.84. The molecule has 0 spiro atoms. The number of nitrogens with zero attached hydrogens (tertiary/aromatic N) is 2. The molecule has 0 saturated carbocycles. The summed E-state index contributed by atoms with van der Waals surface area (Å²) < 4.78 is 16.7. The van der Waals surface area contributed by atoms with E-state index in [1.807, 2.05) is 55.6 Å². The third-order valence-electron chi connectivity index (χ3n) is 9.70. The maximum absolute atomic E-state index is 8.99. The molecule has 0 amide bonds. The van der Waals surface area contributed by atoms with Crippen LogP contribution in [0.1, 0.15) is 40.5 Å². The summed E-state index contributed by atoms with van der Waals surface area (Å²) in [7, 11) is -1.23. The van der Waals surface area contributed by atoms with Crippen molar-refractivity contribution in [1.29, 1.82) is 0 Å². The fraction of sp³-hybridized carbons (Fsp3) is 0.261. The Morgan fingerprint density at radius 2 is 1.46 bits per heavy atom. The number of hydrogen-bond acceptors (Lipinski definition) is 3. The average molecular weight is 941 g/mol. The molecule has 3 heterocycles. The zero-order valence-corrected chi connectivity index (χ0v) is 37.6. The summed E-state index contributed by atoms with van der Waals surface area (Å²) in [5.74, 6) is 6.53. The zero-order valence-electron chi connectivity index (χ0n) is 33.1. The van der Waals surface area contributed by atoms with Gasteiger partial charge in [0.1, 0.15) is 0 Å². The van der Waals surface area contributed by atoms with E-state index in [9.17, 15) is 0 Å². The zero-order chi connectivity index (χ0) is 37.5. The van der Waals surface area contributed by atoms with E-state index < -0.39 is 27.2 Å². The van der Waals surface area contributed by atoms with Crippen molar-refractivity contribution in [2.45, 2.75) is 70.5 Å². The van der Waals surface area contributed by atoms with Gasteiger partial charge in [-0.25, -0.2) is 0 Å². The summed E-state index contributed by atoms with van der Waals surface area (Å²) in [6, 6.07) is 42.3. The first kappa shape index (κ1) is 38.1. The number of fused-ring (bicyclic) bond motifs is 3. The van der Waals surface area contributed by atoms with Crippen molar-refractivity contribution in [3.8, 4) is 33.6 Å². The third-order valence-corrected chi connectivity index (χ3v) is 16.1. The molecule has 0 bridgehead atoms. The molecular formula is C46H50GeIrN2OSi-2. The first-order valence-corrected chi connectivity index (χ1v) is 28.7. The fourth-order valence-electron chi connectivity index (χ4n) is 6.00. The molecule has 3 aromatic heterocycles. The van der Waals surface area contributed by atoms with Gasteiger partial charge in [0.2, 0.25) is 0 Å². The Morgan fingerprint density at radius 3 is 2.08 bits per heavy atom. The molecular weight excluding hydrogens is 889 g/mol. The molecule has 52 heavy (non-hydrogen) atoms. The molecule has 1 radical (unpaired) electrons. The predicted octanol–water partition coefficient (Wildman–Crippen LogP) is 11.9. The van der Waals surface area contributed by atoms with Gasteiger partial charge >= 0.3 is 155 Å². The number of furan rings is 1. The van der Waals surface area contributed by atoms with E-state index in [2.05, 4.69) is 140 Å². The molecule has 269 valence electrons. The quantitative estimate of drug-likeness (QED) is 0.123. The Balaban J connectivity index is 0.000000267. The van der Waals surface area contributed by atoms with Crippen LogP contribution in [-0.4, -0.2) is 31.3 Å². The summed E-state index contributed by atoms with van der Waals surface area (Å²) in [5, 5.41) is 3.54. The van der Waals surface area contributed by atoms with Crippen molar-refractivity contribution in [2.75, 3.05) is 0 Å². The smallest absolute Gasteiger partial charge is 0.0596 e. The van der Waals surface area contributed by atoms with Crippen LogP contribution in [-0.2, 0) is 20.1 Å². The van der Waals surface area contributed by atoms with E-state index in [4.69, 9.17) is 5.79 Å². The van der Waals surface area contributed by atoms with Crippen molar-refractivity contribution >= 4 is 52.9 Å². The monoisotopic (exact) mass is 942 g/mol. The molecule has 7 aromatic rings.